The summed E-state index contributed by atoms with van der Waals surface area (Å²) in [5.74, 6) is -0.0942. The van der Waals surface area contributed by atoms with Gasteiger partial charge in [-0.1, -0.05) is 26.0 Å². The molecule has 19 heavy (non-hydrogen) atoms. The van der Waals surface area contributed by atoms with Crippen LogP contribution >= 0.6 is 0 Å². The highest BCUT2D eigenvalue weighted by molar-refractivity contribution is 6.00. The summed E-state index contributed by atoms with van der Waals surface area (Å²) in [6, 6.07) is 5.64. The Balaban J connectivity index is 2.11. The van der Waals surface area contributed by atoms with Crippen molar-refractivity contribution >= 4 is 11.6 Å². The number of nitrogens with two attached hydrogens (primary N) is 1. The number of hydrogen-bond donors (Lipinski definition) is 2. The lowest BCUT2D eigenvalue weighted by Gasteiger charge is -2.51. The van der Waals surface area contributed by atoms with E-state index in [0.717, 1.165) is 12.0 Å². The van der Waals surface area contributed by atoms with Crippen molar-refractivity contribution in [1.82, 2.24) is 5.32 Å². The van der Waals surface area contributed by atoms with E-state index in [-0.39, 0.29) is 23.5 Å². The van der Waals surface area contributed by atoms with Crippen LogP contribution in [0.3, 0.4) is 0 Å². The predicted octanol–water partition coefficient (Wildman–Crippen LogP) is 2.12. The van der Waals surface area contributed by atoms with Gasteiger partial charge in [0.2, 0.25) is 0 Å². The van der Waals surface area contributed by atoms with E-state index in [1.165, 1.54) is 0 Å². The van der Waals surface area contributed by atoms with Gasteiger partial charge in [0.1, 0.15) is 0 Å². The third-order valence-electron chi connectivity index (χ3n) is 4.30. The van der Waals surface area contributed by atoms with Crippen molar-refractivity contribution in [3.63, 3.8) is 0 Å². The molecule has 0 radical (unpaired) electrons. The molecule has 1 amide bonds. The molecule has 2 unspecified atom stereocenters. The van der Waals surface area contributed by atoms with Gasteiger partial charge in [-0.25, -0.2) is 0 Å². The van der Waals surface area contributed by atoms with Gasteiger partial charge < -0.3 is 15.8 Å². The van der Waals surface area contributed by atoms with Gasteiger partial charge in [-0.15, -0.1) is 0 Å². The highest BCUT2D eigenvalue weighted by Gasteiger charge is 2.49. The Morgan fingerprint density at radius 3 is 2.68 bits per heavy atom. The first-order valence-corrected chi connectivity index (χ1v) is 6.56. The maximum absolute atomic E-state index is 12.3. The molecule has 0 aromatic heterocycles. The molecule has 1 aliphatic carbocycles. The zero-order valence-electron chi connectivity index (χ0n) is 12.0. The van der Waals surface area contributed by atoms with E-state index in [4.69, 9.17) is 10.5 Å². The van der Waals surface area contributed by atoms with Gasteiger partial charge in [0.25, 0.3) is 5.91 Å². The number of anilines is 1. The second-order valence-corrected chi connectivity index (χ2v) is 5.85. The minimum atomic E-state index is -0.0942. The summed E-state index contributed by atoms with van der Waals surface area (Å²) in [7, 11) is 1.71. The molecule has 2 atom stereocenters. The normalized spacial score (nSPS) is 24.6. The Morgan fingerprint density at radius 2 is 2.16 bits per heavy atom. The van der Waals surface area contributed by atoms with Gasteiger partial charge in [-0.05, 0) is 25.0 Å². The second-order valence-electron chi connectivity index (χ2n) is 5.85. The van der Waals surface area contributed by atoms with Crippen LogP contribution in [0.25, 0.3) is 0 Å². The van der Waals surface area contributed by atoms with Crippen LogP contribution in [0, 0.1) is 12.3 Å². The predicted molar refractivity (Wildman–Crippen MR) is 76.0 cm³/mol. The van der Waals surface area contributed by atoms with E-state index >= 15 is 0 Å². The molecule has 4 nitrogen and oxygen atoms in total. The fraction of sp³-hybridized carbons (Fsp3) is 0.533. The standard InChI is InChI=1S/C15H22N2O2/c1-9-6-5-7-10(16)13(9)14(18)17-11-8-12(19-4)15(11,2)3/h5-7,11-12H,8,16H2,1-4H3,(H,17,18). The molecule has 1 fully saturated rings. The Morgan fingerprint density at radius 1 is 1.47 bits per heavy atom. The molecule has 0 aliphatic heterocycles. The van der Waals surface area contributed by atoms with Crippen molar-refractivity contribution in [1.29, 1.82) is 0 Å². The first-order chi connectivity index (χ1) is 8.87. The molecule has 1 aromatic rings. The highest BCUT2D eigenvalue weighted by atomic mass is 16.5. The van der Waals surface area contributed by atoms with Crippen molar-refractivity contribution in [3.8, 4) is 0 Å². The molecule has 1 saturated carbocycles. The molecule has 0 spiro atoms. The van der Waals surface area contributed by atoms with Crippen LogP contribution in [-0.2, 0) is 4.74 Å². The molecular weight excluding hydrogens is 240 g/mol. The number of carbonyl (C=O) groups excluding carboxylic acids is 1. The van der Waals surface area contributed by atoms with Crippen LogP contribution in [-0.4, -0.2) is 25.2 Å². The van der Waals surface area contributed by atoms with Gasteiger partial charge in [0, 0.05) is 24.3 Å². The Bertz CT molecular complexity index is 477. The van der Waals surface area contributed by atoms with Crippen molar-refractivity contribution in [2.45, 2.75) is 39.3 Å². The summed E-state index contributed by atoms with van der Waals surface area (Å²) in [5.41, 5.74) is 7.86. The minimum absolute atomic E-state index is 0.0398. The van der Waals surface area contributed by atoms with E-state index in [1.807, 2.05) is 19.1 Å². The number of methoxy groups -OCH3 is 1. The smallest absolute Gasteiger partial charge is 0.253 e. The first-order valence-electron chi connectivity index (χ1n) is 6.56. The minimum Gasteiger partial charge on any atom is -0.398 e. The maximum Gasteiger partial charge on any atom is 0.253 e. The summed E-state index contributed by atoms with van der Waals surface area (Å²) in [5, 5.41) is 3.07. The Labute approximate surface area is 114 Å². The van der Waals surface area contributed by atoms with Crippen molar-refractivity contribution in [2.24, 2.45) is 5.41 Å². The number of ether oxygens (including phenoxy) is 1. The molecule has 0 heterocycles. The number of rotatable bonds is 3. The molecule has 0 bridgehead atoms. The molecule has 4 heteroatoms. The zero-order chi connectivity index (χ0) is 14.2. The average Bonchev–Trinajstić information content (AvgIpc) is 2.33. The number of carbonyl (C=O) groups is 1. The molecular formula is C15H22N2O2. The molecule has 2 rings (SSSR count). The summed E-state index contributed by atoms with van der Waals surface area (Å²) < 4.78 is 5.39. The number of hydrogen-bond acceptors (Lipinski definition) is 3. The first kappa shape index (κ1) is 13.9. The number of amides is 1. The fourth-order valence-corrected chi connectivity index (χ4v) is 2.76. The van der Waals surface area contributed by atoms with Crippen LogP contribution in [0.5, 0.6) is 0 Å². The monoisotopic (exact) mass is 262 g/mol. The Kier molecular flexibility index (Phi) is 3.54. The third-order valence-corrected chi connectivity index (χ3v) is 4.30. The lowest BCUT2D eigenvalue weighted by atomic mass is 9.64. The molecule has 0 saturated heterocycles. The van der Waals surface area contributed by atoms with Crippen LogP contribution in [0.2, 0.25) is 0 Å². The molecule has 1 aromatic carbocycles. The zero-order valence-corrected chi connectivity index (χ0v) is 12.0. The quantitative estimate of drug-likeness (QED) is 0.820. The van der Waals surface area contributed by atoms with E-state index in [0.29, 0.717) is 11.3 Å². The summed E-state index contributed by atoms with van der Waals surface area (Å²) >= 11 is 0. The van der Waals surface area contributed by atoms with Gasteiger partial charge >= 0.3 is 0 Å². The van der Waals surface area contributed by atoms with Crippen LogP contribution in [0.4, 0.5) is 5.69 Å². The number of aryl methyl sites for hydroxylation is 1. The van der Waals surface area contributed by atoms with Gasteiger partial charge in [-0.3, -0.25) is 4.79 Å². The molecule has 1 aliphatic rings. The molecule has 3 N–H and O–H groups in total. The van der Waals surface area contributed by atoms with E-state index in [1.54, 1.807) is 13.2 Å². The number of nitrogens with one attached hydrogen (secondary N) is 1. The average molecular weight is 262 g/mol. The highest BCUT2D eigenvalue weighted by Crippen LogP contribution is 2.42. The largest absolute Gasteiger partial charge is 0.398 e. The lowest BCUT2D eigenvalue weighted by Crippen LogP contribution is -2.61. The SMILES string of the molecule is COC1CC(NC(=O)c2c(C)cccc2N)C1(C)C. The van der Waals surface area contributed by atoms with Crippen LogP contribution < -0.4 is 11.1 Å². The lowest BCUT2D eigenvalue weighted by molar-refractivity contribution is -0.0942. The van der Waals surface area contributed by atoms with Crippen molar-refractivity contribution in [3.05, 3.63) is 29.3 Å². The van der Waals surface area contributed by atoms with Gasteiger partial charge in [0.05, 0.1) is 11.7 Å². The second kappa shape index (κ2) is 4.85. The summed E-state index contributed by atoms with van der Waals surface area (Å²) in [6.07, 6.45) is 1.05. The van der Waals surface area contributed by atoms with Gasteiger partial charge in [0.15, 0.2) is 0 Å². The maximum atomic E-state index is 12.3. The summed E-state index contributed by atoms with van der Waals surface area (Å²) in [6.45, 7) is 6.11. The fourth-order valence-electron chi connectivity index (χ4n) is 2.76. The van der Waals surface area contributed by atoms with Crippen molar-refractivity contribution in [2.75, 3.05) is 12.8 Å². The van der Waals surface area contributed by atoms with Crippen LogP contribution in [0.1, 0.15) is 36.2 Å². The van der Waals surface area contributed by atoms with E-state index in [9.17, 15) is 4.79 Å². The van der Waals surface area contributed by atoms with E-state index < -0.39 is 0 Å². The van der Waals surface area contributed by atoms with Gasteiger partial charge in [-0.2, -0.15) is 0 Å². The van der Waals surface area contributed by atoms with Crippen LogP contribution in [0.15, 0.2) is 18.2 Å². The topological polar surface area (TPSA) is 64.3 Å². The molecule has 104 valence electrons. The summed E-state index contributed by atoms with van der Waals surface area (Å²) in [4.78, 5) is 12.3. The number of nitrogen functional groups attached to an aromatic ring is 1. The third kappa shape index (κ3) is 2.32. The number of benzene rings is 1. The Hall–Kier alpha value is -1.55. The van der Waals surface area contributed by atoms with Crippen molar-refractivity contribution < 1.29 is 9.53 Å². The van der Waals surface area contributed by atoms with E-state index in [2.05, 4.69) is 19.2 Å².